The van der Waals surface area contributed by atoms with Gasteiger partial charge in [0.25, 0.3) is 0 Å². The number of piperidine rings is 1. The number of nitrogens with zero attached hydrogens (tertiary/aromatic N) is 4. The molecule has 41 heavy (non-hydrogen) atoms. The van der Waals surface area contributed by atoms with Crippen LogP contribution in [0.4, 0.5) is 33.2 Å². The van der Waals surface area contributed by atoms with E-state index in [4.69, 9.17) is 5.73 Å². The number of benzene rings is 2. The van der Waals surface area contributed by atoms with E-state index in [1.165, 1.54) is 6.07 Å². The molecule has 12 heteroatoms. The number of pyridine rings is 1. The summed E-state index contributed by atoms with van der Waals surface area (Å²) in [5.41, 5.74) is 9.47. The van der Waals surface area contributed by atoms with Crippen LogP contribution in [0.2, 0.25) is 0 Å². The highest BCUT2D eigenvalue weighted by molar-refractivity contribution is 7.89. The molecular weight excluding hydrogens is 543 g/mol. The number of nitrogens with one attached hydrogen (secondary N) is 3. The summed E-state index contributed by atoms with van der Waals surface area (Å²) in [6, 6.07) is 14.9. The molecule has 2 aromatic carbocycles. The van der Waals surface area contributed by atoms with E-state index in [1.807, 2.05) is 6.07 Å². The zero-order valence-electron chi connectivity index (χ0n) is 22.7. The third kappa shape index (κ3) is 7.15. The van der Waals surface area contributed by atoms with Crippen molar-refractivity contribution in [2.45, 2.75) is 31.2 Å². The summed E-state index contributed by atoms with van der Waals surface area (Å²) in [5, 5.41) is 9.65. The Kier molecular flexibility index (Phi) is 8.72. The van der Waals surface area contributed by atoms with Crippen molar-refractivity contribution in [1.82, 2.24) is 24.6 Å². The molecule has 1 unspecified atom stereocenters. The SMILES string of the molecule is Cc1cc(Nc2ccnc(Nc3ccc(S(=O)(=O)N4CCCC(CNCc5ccncc5N)C4)cc3)n2)ccc1F. The minimum Gasteiger partial charge on any atom is -0.397 e. The number of anilines is 5. The highest BCUT2D eigenvalue weighted by Crippen LogP contribution is 2.26. The molecule has 5 N–H and O–H groups in total. The fourth-order valence-electron chi connectivity index (χ4n) is 4.77. The molecule has 214 valence electrons. The van der Waals surface area contributed by atoms with Gasteiger partial charge in [0.05, 0.1) is 16.8 Å². The highest BCUT2D eigenvalue weighted by Gasteiger charge is 2.30. The Hall–Kier alpha value is -4.13. The maximum Gasteiger partial charge on any atom is 0.243 e. The van der Waals surface area contributed by atoms with Crippen LogP contribution in [-0.4, -0.2) is 47.3 Å². The maximum absolute atomic E-state index is 13.6. The van der Waals surface area contributed by atoms with Crippen LogP contribution in [0.3, 0.4) is 0 Å². The smallest absolute Gasteiger partial charge is 0.243 e. The van der Waals surface area contributed by atoms with Gasteiger partial charge in [0.1, 0.15) is 11.6 Å². The van der Waals surface area contributed by atoms with Crippen LogP contribution in [0.1, 0.15) is 24.0 Å². The number of hydrogen-bond acceptors (Lipinski definition) is 9. The molecule has 1 fully saturated rings. The number of nitrogen functional groups attached to an aromatic ring is 1. The molecule has 2 aromatic heterocycles. The monoisotopic (exact) mass is 576 g/mol. The molecule has 10 nitrogen and oxygen atoms in total. The van der Waals surface area contributed by atoms with Gasteiger partial charge in [-0.05, 0) is 98.0 Å². The summed E-state index contributed by atoms with van der Waals surface area (Å²) in [6.07, 6.45) is 6.71. The lowest BCUT2D eigenvalue weighted by Crippen LogP contribution is -2.42. The molecule has 0 saturated carbocycles. The van der Waals surface area contributed by atoms with Crippen LogP contribution >= 0.6 is 0 Å². The van der Waals surface area contributed by atoms with Crippen LogP contribution in [0.5, 0.6) is 0 Å². The fourth-order valence-corrected chi connectivity index (χ4v) is 6.32. The molecule has 4 aromatic rings. The van der Waals surface area contributed by atoms with Crippen LogP contribution in [0.25, 0.3) is 0 Å². The van der Waals surface area contributed by atoms with Crippen LogP contribution in [0.15, 0.2) is 78.1 Å². The average Bonchev–Trinajstić information content (AvgIpc) is 2.97. The first-order valence-corrected chi connectivity index (χ1v) is 14.8. The summed E-state index contributed by atoms with van der Waals surface area (Å²) in [4.78, 5) is 12.9. The zero-order chi connectivity index (χ0) is 28.8. The summed E-state index contributed by atoms with van der Waals surface area (Å²) in [5.74, 6) is 0.806. The Morgan fingerprint density at radius 3 is 2.63 bits per heavy atom. The van der Waals surface area contributed by atoms with Crippen molar-refractivity contribution in [1.29, 1.82) is 0 Å². The first kappa shape index (κ1) is 28.4. The van der Waals surface area contributed by atoms with Gasteiger partial charge < -0.3 is 21.7 Å². The second kappa shape index (κ2) is 12.6. The summed E-state index contributed by atoms with van der Waals surface area (Å²) in [7, 11) is -3.63. The topological polar surface area (TPSA) is 138 Å². The van der Waals surface area contributed by atoms with Gasteiger partial charge in [0.2, 0.25) is 16.0 Å². The van der Waals surface area contributed by atoms with Crippen molar-refractivity contribution in [3.63, 3.8) is 0 Å². The molecule has 0 aliphatic carbocycles. The van der Waals surface area contributed by atoms with Gasteiger partial charge in [-0.1, -0.05) is 0 Å². The number of nitrogens with two attached hydrogens (primary N) is 1. The standard InChI is InChI=1S/C29H33FN8O2S/c1-20-15-24(6-9-26(20)30)35-28-11-13-34-29(37-28)36-23-4-7-25(8-5-23)41(39,40)38-14-2-3-21(19-38)16-33-17-22-10-12-32-18-27(22)31/h4-13,15,18,21,33H,2-3,14,16-17,19,31H2,1H3,(H2,34,35,36,37). The van der Waals surface area contributed by atoms with Crippen molar-refractivity contribution >= 4 is 38.9 Å². The predicted molar refractivity (Wildman–Crippen MR) is 158 cm³/mol. The normalized spacial score (nSPS) is 15.9. The first-order valence-electron chi connectivity index (χ1n) is 13.4. The van der Waals surface area contributed by atoms with Crippen LogP contribution < -0.4 is 21.7 Å². The Morgan fingerprint density at radius 1 is 1.05 bits per heavy atom. The van der Waals surface area contributed by atoms with Crippen LogP contribution in [-0.2, 0) is 16.6 Å². The maximum atomic E-state index is 13.6. The van der Waals surface area contributed by atoms with Gasteiger partial charge in [-0.25, -0.2) is 17.8 Å². The molecule has 1 aliphatic heterocycles. The quantitative estimate of drug-likeness (QED) is 0.214. The van der Waals surface area contributed by atoms with Gasteiger partial charge in [-0.3, -0.25) is 4.98 Å². The van der Waals surface area contributed by atoms with E-state index < -0.39 is 10.0 Å². The number of hydrogen-bond donors (Lipinski definition) is 4. The Morgan fingerprint density at radius 2 is 1.85 bits per heavy atom. The van der Waals surface area contributed by atoms with Gasteiger partial charge in [0, 0.05) is 43.4 Å². The van der Waals surface area contributed by atoms with Crippen molar-refractivity contribution in [2.75, 3.05) is 36.0 Å². The minimum atomic E-state index is -3.63. The molecule has 0 spiro atoms. The lowest BCUT2D eigenvalue weighted by Gasteiger charge is -2.32. The molecule has 0 amide bonds. The van der Waals surface area contributed by atoms with Crippen molar-refractivity contribution in [3.8, 4) is 0 Å². The largest absolute Gasteiger partial charge is 0.397 e. The minimum absolute atomic E-state index is 0.208. The molecule has 1 aliphatic rings. The van der Waals surface area contributed by atoms with E-state index in [-0.39, 0.29) is 16.6 Å². The van der Waals surface area contributed by atoms with E-state index >= 15 is 0 Å². The molecule has 3 heterocycles. The van der Waals surface area contributed by atoms with E-state index in [2.05, 4.69) is 30.9 Å². The highest BCUT2D eigenvalue weighted by atomic mass is 32.2. The van der Waals surface area contributed by atoms with E-state index in [0.717, 1.165) is 18.4 Å². The van der Waals surface area contributed by atoms with E-state index in [0.29, 0.717) is 60.6 Å². The van der Waals surface area contributed by atoms with Crippen molar-refractivity contribution in [2.24, 2.45) is 5.92 Å². The second-order valence-corrected chi connectivity index (χ2v) is 12.0. The number of rotatable bonds is 10. The first-order chi connectivity index (χ1) is 19.8. The molecule has 1 atom stereocenters. The second-order valence-electron chi connectivity index (χ2n) is 10.1. The van der Waals surface area contributed by atoms with Crippen molar-refractivity contribution < 1.29 is 12.8 Å². The molecule has 1 saturated heterocycles. The van der Waals surface area contributed by atoms with Gasteiger partial charge in [-0.2, -0.15) is 9.29 Å². The average molecular weight is 577 g/mol. The number of aromatic nitrogens is 3. The molecule has 0 radical (unpaired) electrons. The summed E-state index contributed by atoms with van der Waals surface area (Å²) >= 11 is 0. The number of aryl methyl sites for hydroxylation is 1. The fraction of sp³-hybridized carbons (Fsp3) is 0.276. The van der Waals surface area contributed by atoms with Crippen molar-refractivity contribution in [3.05, 3.63) is 90.1 Å². The summed E-state index contributed by atoms with van der Waals surface area (Å²) in [6.45, 7) is 3.96. The van der Waals surface area contributed by atoms with E-state index in [9.17, 15) is 12.8 Å². The number of halogens is 1. The van der Waals surface area contributed by atoms with Gasteiger partial charge in [0.15, 0.2) is 0 Å². The van der Waals surface area contributed by atoms with Crippen LogP contribution in [0, 0.1) is 18.7 Å². The third-order valence-electron chi connectivity index (χ3n) is 7.01. The number of sulfonamides is 1. The van der Waals surface area contributed by atoms with Gasteiger partial charge in [-0.15, -0.1) is 0 Å². The zero-order valence-corrected chi connectivity index (χ0v) is 23.5. The Bertz CT molecular complexity index is 1600. The lowest BCUT2D eigenvalue weighted by atomic mass is 9.99. The predicted octanol–water partition coefficient (Wildman–Crippen LogP) is 4.58. The molecular formula is C29H33FN8O2S. The lowest BCUT2D eigenvalue weighted by molar-refractivity contribution is 0.260. The molecule has 0 bridgehead atoms. The Balaban J connectivity index is 1.18. The third-order valence-corrected chi connectivity index (χ3v) is 8.89. The Labute approximate surface area is 239 Å². The summed E-state index contributed by atoms with van der Waals surface area (Å²) < 4.78 is 42.0. The molecule has 5 rings (SSSR count). The van der Waals surface area contributed by atoms with Gasteiger partial charge >= 0.3 is 0 Å². The van der Waals surface area contributed by atoms with E-state index in [1.54, 1.807) is 72.3 Å².